The van der Waals surface area contributed by atoms with Gasteiger partial charge in [-0.1, -0.05) is 6.08 Å². The average molecular weight is 235 g/mol. The minimum atomic E-state index is 0.632. The van der Waals surface area contributed by atoms with Crippen LogP contribution in [-0.4, -0.2) is 12.6 Å². The highest BCUT2D eigenvalue weighted by molar-refractivity contribution is 5.20. The molecular weight excluding hydrogens is 214 g/mol. The molecule has 0 unspecified atom stereocenters. The van der Waals surface area contributed by atoms with E-state index in [0.29, 0.717) is 12.6 Å². The standard InChI is InChI=1S/C14H21NO2/c1-3-4-7-16-10-12-8-14(17-11(12)2)9-15-13-5-6-13/h3,8,13,15H,1,4-7,9-10H2,2H3. The van der Waals surface area contributed by atoms with Crippen LogP contribution in [0.2, 0.25) is 0 Å². The van der Waals surface area contributed by atoms with Crippen molar-refractivity contribution in [2.45, 2.75) is 45.4 Å². The lowest BCUT2D eigenvalue weighted by Gasteiger charge is -1.99. The first-order valence-electron chi connectivity index (χ1n) is 6.30. The second-order valence-electron chi connectivity index (χ2n) is 4.58. The van der Waals surface area contributed by atoms with E-state index in [9.17, 15) is 0 Å². The molecule has 1 aliphatic carbocycles. The molecule has 0 amide bonds. The molecule has 1 saturated carbocycles. The number of nitrogens with one attached hydrogen (secondary N) is 1. The first-order valence-corrected chi connectivity index (χ1v) is 6.30. The van der Waals surface area contributed by atoms with Crippen LogP contribution in [0.25, 0.3) is 0 Å². The maximum Gasteiger partial charge on any atom is 0.118 e. The molecule has 1 heterocycles. The monoisotopic (exact) mass is 235 g/mol. The van der Waals surface area contributed by atoms with Gasteiger partial charge in [0, 0.05) is 11.6 Å². The zero-order valence-electron chi connectivity index (χ0n) is 10.5. The first kappa shape index (κ1) is 12.4. The molecule has 0 bridgehead atoms. The summed E-state index contributed by atoms with van der Waals surface area (Å²) in [7, 11) is 0. The molecule has 2 rings (SSSR count). The highest BCUT2D eigenvalue weighted by Gasteiger charge is 2.20. The smallest absolute Gasteiger partial charge is 0.118 e. The Morgan fingerprint density at radius 2 is 2.41 bits per heavy atom. The Kier molecular flexibility index (Phi) is 4.40. The molecule has 0 atom stereocenters. The summed E-state index contributed by atoms with van der Waals surface area (Å²) in [4.78, 5) is 0. The molecule has 0 spiro atoms. The number of hydrogen-bond acceptors (Lipinski definition) is 3. The van der Waals surface area contributed by atoms with Crippen molar-refractivity contribution in [2.24, 2.45) is 0 Å². The van der Waals surface area contributed by atoms with Crippen molar-refractivity contribution < 1.29 is 9.15 Å². The van der Waals surface area contributed by atoms with E-state index in [1.54, 1.807) is 0 Å². The van der Waals surface area contributed by atoms with Gasteiger partial charge in [0.2, 0.25) is 0 Å². The van der Waals surface area contributed by atoms with E-state index >= 15 is 0 Å². The van der Waals surface area contributed by atoms with Crippen LogP contribution in [0.5, 0.6) is 0 Å². The minimum absolute atomic E-state index is 0.632. The summed E-state index contributed by atoms with van der Waals surface area (Å²) in [5, 5.41) is 3.44. The summed E-state index contributed by atoms with van der Waals surface area (Å²) in [5.74, 6) is 1.98. The number of furan rings is 1. The van der Waals surface area contributed by atoms with Crippen LogP contribution in [-0.2, 0) is 17.9 Å². The normalized spacial score (nSPS) is 15.1. The lowest BCUT2D eigenvalue weighted by Crippen LogP contribution is -2.14. The third-order valence-corrected chi connectivity index (χ3v) is 2.94. The van der Waals surface area contributed by atoms with Crippen LogP contribution in [0.1, 0.15) is 36.3 Å². The molecule has 1 aromatic rings. The molecule has 0 saturated heterocycles. The quantitative estimate of drug-likeness (QED) is 0.555. The third-order valence-electron chi connectivity index (χ3n) is 2.94. The largest absolute Gasteiger partial charge is 0.465 e. The van der Waals surface area contributed by atoms with Crippen molar-refractivity contribution in [2.75, 3.05) is 6.61 Å². The maximum atomic E-state index is 5.69. The highest BCUT2D eigenvalue weighted by Crippen LogP contribution is 2.21. The molecule has 94 valence electrons. The molecule has 1 fully saturated rings. The zero-order valence-corrected chi connectivity index (χ0v) is 10.5. The fraction of sp³-hybridized carbons (Fsp3) is 0.571. The van der Waals surface area contributed by atoms with E-state index in [-0.39, 0.29) is 0 Å². The molecule has 0 radical (unpaired) electrons. The molecular formula is C14H21NO2. The lowest BCUT2D eigenvalue weighted by atomic mass is 10.2. The van der Waals surface area contributed by atoms with Crippen LogP contribution < -0.4 is 5.32 Å². The van der Waals surface area contributed by atoms with Gasteiger partial charge in [-0.05, 0) is 32.3 Å². The van der Waals surface area contributed by atoms with E-state index in [4.69, 9.17) is 9.15 Å². The molecule has 1 N–H and O–H groups in total. The van der Waals surface area contributed by atoms with Crippen molar-refractivity contribution >= 4 is 0 Å². The Labute approximate surface area is 103 Å². The first-order chi connectivity index (χ1) is 8.29. The van der Waals surface area contributed by atoms with Crippen LogP contribution in [0.3, 0.4) is 0 Å². The molecule has 1 aliphatic rings. The maximum absolute atomic E-state index is 5.69. The molecule has 0 aromatic carbocycles. The van der Waals surface area contributed by atoms with E-state index < -0.39 is 0 Å². The summed E-state index contributed by atoms with van der Waals surface area (Å²) in [6.07, 6.45) is 5.37. The number of hydrogen-bond donors (Lipinski definition) is 1. The van der Waals surface area contributed by atoms with Gasteiger partial charge in [0.25, 0.3) is 0 Å². The van der Waals surface area contributed by atoms with Gasteiger partial charge in [0.05, 0.1) is 19.8 Å². The van der Waals surface area contributed by atoms with Gasteiger partial charge in [-0.3, -0.25) is 0 Å². The Balaban J connectivity index is 1.77. The van der Waals surface area contributed by atoms with Crippen molar-refractivity contribution in [3.05, 3.63) is 35.8 Å². The van der Waals surface area contributed by atoms with Gasteiger partial charge < -0.3 is 14.5 Å². The van der Waals surface area contributed by atoms with Crippen molar-refractivity contribution in [1.82, 2.24) is 5.32 Å². The van der Waals surface area contributed by atoms with Crippen molar-refractivity contribution in [3.63, 3.8) is 0 Å². The van der Waals surface area contributed by atoms with E-state index in [1.807, 2.05) is 13.0 Å². The van der Waals surface area contributed by atoms with Crippen molar-refractivity contribution in [1.29, 1.82) is 0 Å². The number of rotatable bonds is 8. The van der Waals surface area contributed by atoms with Crippen LogP contribution in [0, 0.1) is 6.92 Å². The fourth-order valence-corrected chi connectivity index (χ4v) is 1.70. The molecule has 0 aliphatic heterocycles. The predicted octanol–water partition coefficient (Wildman–Crippen LogP) is 2.93. The Morgan fingerprint density at radius 3 is 3.12 bits per heavy atom. The van der Waals surface area contributed by atoms with Crippen LogP contribution >= 0.6 is 0 Å². The summed E-state index contributed by atoms with van der Waals surface area (Å²) < 4.78 is 11.2. The van der Waals surface area contributed by atoms with E-state index in [1.165, 1.54) is 12.8 Å². The molecule has 17 heavy (non-hydrogen) atoms. The summed E-state index contributed by atoms with van der Waals surface area (Å²) in [6, 6.07) is 2.81. The van der Waals surface area contributed by atoms with Gasteiger partial charge in [0.15, 0.2) is 0 Å². The van der Waals surface area contributed by atoms with Crippen LogP contribution in [0.15, 0.2) is 23.1 Å². The highest BCUT2D eigenvalue weighted by atomic mass is 16.5. The number of ether oxygens (including phenoxy) is 1. The molecule has 3 heteroatoms. The second-order valence-corrected chi connectivity index (χ2v) is 4.58. The van der Waals surface area contributed by atoms with Gasteiger partial charge in [0.1, 0.15) is 11.5 Å². The lowest BCUT2D eigenvalue weighted by molar-refractivity contribution is 0.124. The Hall–Kier alpha value is -1.06. The van der Waals surface area contributed by atoms with Gasteiger partial charge in [-0.25, -0.2) is 0 Å². The summed E-state index contributed by atoms with van der Waals surface area (Å²) >= 11 is 0. The fourth-order valence-electron chi connectivity index (χ4n) is 1.70. The second kappa shape index (κ2) is 6.03. The van der Waals surface area contributed by atoms with Gasteiger partial charge in [-0.15, -0.1) is 6.58 Å². The third kappa shape index (κ3) is 4.02. The Bertz CT molecular complexity index is 366. The van der Waals surface area contributed by atoms with E-state index in [0.717, 1.165) is 36.7 Å². The predicted molar refractivity (Wildman–Crippen MR) is 67.8 cm³/mol. The molecule has 3 nitrogen and oxygen atoms in total. The molecule has 1 aromatic heterocycles. The topological polar surface area (TPSA) is 34.4 Å². The zero-order chi connectivity index (χ0) is 12.1. The summed E-state index contributed by atoms with van der Waals surface area (Å²) in [5.41, 5.74) is 1.15. The van der Waals surface area contributed by atoms with Gasteiger partial charge in [-0.2, -0.15) is 0 Å². The van der Waals surface area contributed by atoms with E-state index in [2.05, 4.69) is 18.0 Å². The average Bonchev–Trinajstić information content (AvgIpc) is 3.08. The Morgan fingerprint density at radius 1 is 1.59 bits per heavy atom. The van der Waals surface area contributed by atoms with Crippen molar-refractivity contribution in [3.8, 4) is 0 Å². The number of aryl methyl sites for hydroxylation is 1. The summed E-state index contributed by atoms with van der Waals surface area (Å²) in [6.45, 7) is 7.85. The minimum Gasteiger partial charge on any atom is -0.465 e. The van der Waals surface area contributed by atoms with Crippen LogP contribution in [0.4, 0.5) is 0 Å². The SMILES string of the molecule is C=CCCOCc1cc(CNC2CC2)oc1C. The van der Waals surface area contributed by atoms with Gasteiger partial charge >= 0.3 is 0 Å².